The minimum absolute atomic E-state index is 0.103. The second kappa shape index (κ2) is 8.27. The lowest BCUT2D eigenvalue weighted by Crippen LogP contribution is -2.02. The van der Waals surface area contributed by atoms with Crippen molar-refractivity contribution in [1.29, 1.82) is 0 Å². The quantitative estimate of drug-likeness (QED) is 0.160. The fourth-order valence-electron chi connectivity index (χ4n) is 4.10. The number of rotatable bonds is 6. The van der Waals surface area contributed by atoms with Crippen molar-refractivity contribution in [1.82, 2.24) is 0 Å². The number of nitrogens with zero attached hydrogens (tertiary/aromatic N) is 2. The van der Waals surface area contributed by atoms with E-state index in [9.17, 15) is 29.8 Å². The molecule has 5 rings (SSSR count). The molecule has 0 N–H and O–H groups in total. The molecule has 5 aromatic rings. The van der Waals surface area contributed by atoms with Crippen molar-refractivity contribution in [2.24, 2.45) is 0 Å². The van der Waals surface area contributed by atoms with Crippen molar-refractivity contribution in [2.45, 2.75) is 13.8 Å². The summed E-state index contributed by atoms with van der Waals surface area (Å²) < 4.78 is 11.7. The number of carbonyl (C=O) groups is 2. The standard InChI is InChI=1S/C26H16N2O8/c1-13-19-11-20-14(2)26(24(30)16-5-9-18(10-6-16)28(33)34)36-22(20)12-21(19)35-25(13)23(29)15-3-7-17(8-4-15)27(31)32/h3-12H,1-2H3. The lowest BCUT2D eigenvalue weighted by Gasteiger charge is -1.99. The van der Waals surface area contributed by atoms with E-state index in [-0.39, 0.29) is 34.0 Å². The number of fused-ring (bicyclic) bond motifs is 2. The van der Waals surface area contributed by atoms with Crippen LogP contribution in [0.2, 0.25) is 0 Å². The zero-order valence-corrected chi connectivity index (χ0v) is 18.9. The first kappa shape index (κ1) is 22.7. The average Bonchev–Trinajstić information content (AvgIpc) is 3.38. The lowest BCUT2D eigenvalue weighted by atomic mass is 10.0. The molecule has 2 aromatic heterocycles. The first-order chi connectivity index (χ1) is 17.2. The molecule has 0 spiro atoms. The smallest absolute Gasteiger partial charge is 0.269 e. The maximum absolute atomic E-state index is 13.0. The van der Waals surface area contributed by atoms with Gasteiger partial charge in [-0.1, -0.05) is 0 Å². The zero-order valence-electron chi connectivity index (χ0n) is 18.9. The van der Waals surface area contributed by atoms with Gasteiger partial charge in [0, 0.05) is 63.4 Å². The number of carbonyl (C=O) groups excluding carboxylic acids is 2. The SMILES string of the molecule is Cc1c(C(=O)c2ccc([N+](=O)[O-])cc2)oc2cc3oc(C(=O)c4ccc([N+](=O)[O-])cc4)c(C)c3cc12. The van der Waals surface area contributed by atoms with E-state index in [0.29, 0.717) is 33.1 Å². The highest BCUT2D eigenvalue weighted by atomic mass is 16.6. The summed E-state index contributed by atoms with van der Waals surface area (Å²) in [4.78, 5) is 46.7. The molecule has 10 heteroatoms. The van der Waals surface area contributed by atoms with Gasteiger partial charge in [0.25, 0.3) is 11.4 Å². The molecule has 0 aliphatic carbocycles. The summed E-state index contributed by atoms with van der Waals surface area (Å²) in [5.41, 5.74) is 2.18. The van der Waals surface area contributed by atoms with Crippen LogP contribution >= 0.6 is 0 Å². The number of hydrogen-bond donors (Lipinski definition) is 0. The number of ketones is 2. The predicted octanol–water partition coefficient (Wildman–Crippen LogP) is 6.07. The van der Waals surface area contributed by atoms with Gasteiger partial charge in [-0.25, -0.2) is 0 Å². The third kappa shape index (κ3) is 3.61. The summed E-state index contributed by atoms with van der Waals surface area (Å²) in [7, 11) is 0. The van der Waals surface area contributed by atoms with Crippen LogP contribution in [0.5, 0.6) is 0 Å². The van der Waals surface area contributed by atoms with Crippen LogP contribution in [0.1, 0.15) is 43.4 Å². The number of non-ortho nitro benzene ring substituents is 2. The van der Waals surface area contributed by atoms with Crippen LogP contribution < -0.4 is 0 Å². The van der Waals surface area contributed by atoms with Crippen molar-refractivity contribution in [2.75, 3.05) is 0 Å². The minimum Gasteiger partial charge on any atom is -0.452 e. The molecule has 178 valence electrons. The molecule has 0 radical (unpaired) electrons. The summed E-state index contributed by atoms with van der Waals surface area (Å²) in [6.45, 7) is 3.46. The molecule has 0 unspecified atom stereocenters. The Morgan fingerprint density at radius 1 is 0.639 bits per heavy atom. The molecule has 0 atom stereocenters. The van der Waals surface area contributed by atoms with Gasteiger partial charge in [0.2, 0.25) is 11.6 Å². The maximum Gasteiger partial charge on any atom is 0.269 e. The number of nitro groups is 2. The summed E-state index contributed by atoms with van der Waals surface area (Å²) in [6.07, 6.45) is 0. The lowest BCUT2D eigenvalue weighted by molar-refractivity contribution is -0.385. The molecule has 36 heavy (non-hydrogen) atoms. The Labute approximate surface area is 202 Å². The van der Waals surface area contributed by atoms with Crippen LogP contribution in [0.25, 0.3) is 21.9 Å². The molecule has 0 aliphatic heterocycles. The zero-order chi connectivity index (χ0) is 25.7. The molecule has 10 nitrogen and oxygen atoms in total. The van der Waals surface area contributed by atoms with Gasteiger partial charge in [-0.15, -0.1) is 0 Å². The minimum atomic E-state index is -0.543. The van der Waals surface area contributed by atoms with Crippen LogP contribution in [-0.4, -0.2) is 21.4 Å². The van der Waals surface area contributed by atoms with Crippen LogP contribution in [-0.2, 0) is 0 Å². The summed E-state index contributed by atoms with van der Waals surface area (Å²) in [5, 5.41) is 23.1. The van der Waals surface area contributed by atoms with Gasteiger partial charge in [-0.3, -0.25) is 29.8 Å². The van der Waals surface area contributed by atoms with Crippen LogP contribution in [0, 0.1) is 34.1 Å². The summed E-state index contributed by atoms with van der Waals surface area (Å²) in [5.74, 6) is -0.625. The second-order valence-corrected chi connectivity index (χ2v) is 8.22. The monoisotopic (exact) mass is 484 g/mol. The normalized spacial score (nSPS) is 11.2. The molecular formula is C26H16N2O8. The van der Waals surface area contributed by atoms with Crippen LogP contribution in [0.4, 0.5) is 11.4 Å². The molecular weight excluding hydrogens is 468 g/mol. The highest BCUT2D eigenvalue weighted by molar-refractivity contribution is 6.13. The largest absolute Gasteiger partial charge is 0.452 e. The molecule has 0 bridgehead atoms. The van der Waals surface area contributed by atoms with Crippen LogP contribution in [0.3, 0.4) is 0 Å². The molecule has 0 fully saturated rings. The molecule has 0 amide bonds. The van der Waals surface area contributed by atoms with Crippen molar-refractivity contribution in [3.8, 4) is 0 Å². The Morgan fingerprint density at radius 3 is 1.33 bits per heavy atom. The van der Waals surface area contributed by atoms with E-state index in [0.717, 1.165) is 0 Å². The highest BCUT2D eigenvalue weighted by Crippen LogP contribution is 2.35. The van der Waals surface area contributed by atoms with Gasteiger partial charge >= 0.3 is 0 Å². The van der Waals surface area contributed by atoms with Gasteiger partial charge in [0.1, 0.15) is 11.2 Å². The Balaban J connectivity index is 1.53. The summed E-state index contributed by atoms with van der Waals surface area (Å²) in [6, 6.07) is 13.9. The van der Waals surface area contributed by atoms with Gasteiger partial charge in [0.05, 0.1) is 9.85 Å². The topological polar surface area (TPSA) is 147 Å². The number of aryl methyl sites for hydroxylation is 2. The van der Waals surface area contributed by atoms with E-state index >= 15 is 0 Å². The van der Waals surface area contributed by atoms with E-state index in [2.05, 4.69) is 0 Å². The fourth-order valence-corrected chi connectivity index (χ4v) is 4.10. The first-order valence-electron chi connectivity index (χ1n) is 10.7. The van der Waals surface area contributed by atoms with Gasteiger partial charge in [-0.05, 0) is 44.2 Å². The predicted molar refractivity (Wildman–Crippen MR) is 129 cm³/mol. The highest BCUT2D eigenvalue weighted by Gasteiger charge is 2.24. The van der Waals surface area contributed by atoms with Crippen molar-refractivity contribution >= 4 is 44.9 Å². The third-order valence-corrected chi connectivity index (χ3v) is 6.09. The maximum atomic E-state index is 13.0. The van der Waals surface area contributed by atoms with Crippen molar-refractivity contribution in [3.05, 3.63) is 115 Å². The fraction of sp³-hybridized carbons (Fsp3) is 0.0769. The molecule has 0 saturated carbocycles. The summed E-state index contributed by atoms with van der Waals surface area (Å²) >= 11 is 0. The Hall–Kier alpha value is -5.12. The molecule has 0 aliphatic rings. The number of nitro benzene ring substituents is 2. The van der Waals surface area contributed by atoms with Crippen molar-refractivity contribution in [3.63, 3.8) is 0 Å². The van der Waals surface area contributed by atoms with Crippen molar-refractivity contribution < 1.29 is 28.3 Å². The molecule has 0 saturated heterocycles. The van der Waals surface area contributed by atoms with E-state index in [4.69, 9.17) is 8.83 Å². The second-order valence-electron chi connectivity index (χ2n) is 8.22. The van der Waals surface area contributed by atoms with E-state index in [1.165, 1.54) is 48.5 Å². The van der Waals surface area contributed by atoms with E-state index in [1.54, 1.807) is 26.0 Å². The Bertz CT molecular complexity index is 1600. The molecule has 3 aromatic carbocycles. The van der Waals surface area contributed by atoms with Crippen LogP contribution in [0.15, 0.2) is 69.5 Å². The van der Waals surface area contributed by atoms with Gasteiger partial charge in [0.15, 0.2) is 11.5 Å². The number of benzene rings is 3. The van der Waals surface area contributed by atoms with E-state index < -0.39 is 21.4 Å². The third-order valence-electron chi connectivity index (χ3n) is 6.09. The molecule has 2 heterocycles. The first-order valence-corrected chi connectivity index (χ1v) is 10.7. The Morgan fingerprint density at radius 2 is 1.00 bits per heavy atom. The Kier molecular flexibility index (Phi) is 5.21. The number of furan rings is 2. The van der Waals surface area contributed by atoms with Gasteiger partial charge in [-0.2, -0.15) is 0 Å². The average molecular weight is 484 g/mol. The van der Waals surface area contributed by atoms with Gasteiger partial charge < -0.3 is 8.83 Å². The van der Waals surface area contributed by atoms with E-state index in [1.807, 2.05) is 0 Å². The number of hydrogen-bond acceptors (Lipinski definition) is 8.